The summed E-state index contributed by atoms with van der Waals surface area (Å²) < 4.78 is 10.3. The van der Waals surface area contributed by atoms with E-state index in [9.17, 15) is 19.5 Å². The molecule has 7 heteroatoms. The van der Waals surface area contributed by atoms with Crippen molar-refractivity contribution >= 4 is 17.8 Å². The number of amides is 1. The number of likely N-dealkylation sites (tertiary alicyclic amines) is 1. The molecule has 2 aliphatic rings. The lowest BCUT2D eigenvalue weighted by Crippen LogP contribution is -2.54. The molecule has 132 valence electrons. The average Bonchev–Trinajstić information content (AvgIpc) is 2.51. The number of fused-ring (bicyclic) bond motifs is 1. The Hall–Kier alpha value is -2.31. The van der Waals surface area contributed by atoms with Gasteiger partial charge in [-0.3, -0.25) is 9.59 Å². The molecule has 0 spiro atoms. The number of aliphatic hydroxyl groups excluding tert-OH is 1. The van der Waals surface area contributed by atoms with E-state index in [1.807, 2.05) is 0 Å². The van der Waals surface area contributed by atoms with Crippen LogP contribution in [-0.4, -0.2) is 53.7 Å². The second-order valence-electron chi connectivity index (χ2n) is 7.09. The Morgan fingerprint density at radius 1 is 1.38 bits per heavy atom. The number of nitrogens with zero attached hydrogens (tertiary/aromatic N) is 1. The maximum atomic E-state index is 12.5. The molecule has 2 rings (SSSR count). The van der Waals surface area contributed by atoms with Crippen LogP contribution in [0.3, 0.4) is 0 Å². The molecule has 0 aromatic carbocycles. The molecule has 0 bridgehead atoms. The standard InChI is InChI=1S/C17H23NO6/c1-16(2,3)24-15(22)18-6-5-12-7-13(20)11(9-19)8-17(12,10-18)14(21)23-4/h7,9,19H,5-6,8,10H2,1-4H3. The fraction of sp³-hybridized carbons (Fsp3) is 0.588. The second kappa shape index (κ2) is 6.30. The number of piperidine rings is 1. The van der Waals surface area contributed by atoms with Crippen LogP contribution in [0, 0.1) is 5.41 Å². The normalized spacial score (nSPS) is 25.8. The molecule has 1 atom stereocenters. The van der Waals surface area contributed by atoms with Crippen molar-refractivity contribution in [1.29, 1.82) is 0 Å². The summed E-state index contributed by atoms with van der Waals surface area (Å²) in [5, 5.41) is 9.28. The second-order valence-corrected chi connectivity index (χ2v) is 7.09. The van der Waals surface area contributed by atoms with E-state index in [-0.39, 0.29) is 24.3 Å². The molecule has 1 aliphatic heterocycles. The van der Waals surface area contributed by atoms with Gasteiger partial charge in [-0.25, -0.2) is 4.79 Å². The predicted molar refractivity (Wildman–Crippen MR) is 85.3 cm³/mol. The molecule has 0 radical (unpaired) electrons. The summed E-state index contributed by atoms with van der Waals surface area (Å²) in [6.07, 6.45) is 1.94. The van der Waals surface area contributed by atoms with Gasteiger partial charge < -0.3 is 19.5 Å². The van der Waals surface area contributed by atoms with Crippen LogP contribution in [0.4, 0.5) is 4.79 Å². The first kappa shape index (κ1) is 18.0. The molecule has 7 nitrogen and oxygen atoms in total. The number of allylic oxidation sites excluding steroid dienone is 2. The highest BCUT2D eigenvalue weighted by atomic mass is 16.6. The van der Waals surface area contributed by atoms with Gasteiger partial charge in [0.05, 0.1) is 13.4 Å². The summed E-state index contributed by atoms with van der Waals surface area (Å²) >= 11 is 0. The maximum Gasteiger partial charge on any atom is 0.410 e. The van der Waals surface area contributed by atoms with E-state index in [0.717, 1.165) is 0 Å². The van der Waals surface area contributed by atoms with Gasteiger partial charge in [-0.05, 0) is 38.8 Å². The number of hydrogen-bond donors (Lipinski definition) is 1. The minimum atomic E-state index is -1.16. The third-order valence-electron chi connectivity index (χ3n) is 4.22. The van der Waals surface area contributed by atoms with Gasteiger partial charge in [0.15, 0.2) is 5.78 Å². The van der Waals surface area contributed by atoms with E-state index in [0.29, 0.717) is 24.8 Å². The SMILES string of the molecule is COC(=O)C12CC(=CO)C(=O)C=C1CCN(C(=O)OC(C)(C)C)C2. The van der Waals surface area contributed by atoms with Crippen molar-refractivity contribution in [2.24, 2.45) is 5.41 Å². The summed E-state index contributed by atoms with van der Waals surface area (Å²) in [7, 11) is 1.26. The maximum absolute atomic E-state index is 12.5. The Balaban J connectivity index is 2.36. The summed E-state index contributed by atoms with van der Waals surface area (Å²) in [6.45, 7) is 5.70. The van der Waals surface area contributed by atoms with E-state index in [1.54, 1.807) is 20.8 Å². The van der Waals surface area contributed by atoms with Crippen molar-refractivity contribution in [3.05, 3.63) is 23.5 Å². The van der Waals surface area contributed by atoms with Crippen LogP contribution < -0.4 is 0 Å². The molecular weight excluding hydrogens is 314 g/mol. The first-order valence-corrected chi connectivity index (χ1v) is 7.78. The van der Waals surface area contributed by atoms with Crippen LogP contribution in [0.25, 0.3) is 0 Å². The lowest BCUT2D eigenvalue weighted by Gasteiger charge is -2.44. The van der Waals surface area contributed by atoms with Crippen LogP contribution in [0.5, 0.6) is 0 Å². The minimum Gasteiger partial charge on any atom is -0.515 e. The molecule has 0 aromatic heterocycles. The summed E-state index contributed by atoms with van der Waals surface area (Å²) in [5.74, 6) is -0.855. The van der Waals surface area contributed by atoms with Gasteiger partial charge in [0, 0.05) is 25.1 Å². The largest absolute Gasteiger partial charge is 0.515 e. The van der Waals surface area contributed by atoms with Crippen LogP contribution >= 0.6 is 0 Å². The third-order valence-corrected chi connectivity index (χ3v) is 4.22. The Kier molecular flexibility index (Phi) is 4.73. The summed E-state index contributed by atoms with van der Waals surface area (Å²) in [4.78, 5) is 38.3. The molecule has 1 fully saturated rings. The van der Waals surface area contributed by atoms with Crippen molar-refractivity contribution in [3.8, 4) is 0 Å². The average molecular weight is 337 g/mol. The number of rotatable bonds is 1. The van der Waals surface area contributed by atoms with E-state index >= 15 is 0 Å². The monoisotopic (exact) mass is 337 g/mol. The van der Waals surface area contributed by atoms with Gasteiger partial charge in [0.2, 0.25) is 0 Å². The smallest absolute Gasteiger partial charge is 0.410 e. The molecule has 1 aliphatic carbocycles. The van der Waals surface area contributed by atoms with Gasteiger partial charge in [-0.1, -0.05) is 0 Å². The van der Waals surface area contributed by atoms with Gasteiger partial charge in [0.25, 0.3) is 0 Å². The Labute approximate surface area is 140 Å². The lowest BCUT2D eigenvalue weighted by atomic mass is 9.67. The fourth-order valence-corrected chi connectivity index (χ4v) is 3.10. The number of carbonyl (C=O) groups excluding carboxylic acids is 3. The molecule has 0 saturated carbocycles. The zero-order chi connectivity index (χ0) is 18.1. The van der Waals surface area contributed by atoms with Crippen LogP contribution in [0.15, 0.2) is 23.5 Å². The number of hydrogen-bond acceptors (Lipinski definition) is 6. The Morgan fingerprint density at radius 2 is 2.04 bits per heavy atom. The van der Waals surface area contributed by atoms with E-state index in [4.69, 9.17) is 9.47 Å². The van der Waals surface area contributed by atoms with Crippen molar-refractivity contribution < 1.29 is 29.0 Å². The van der Waals surface area contributed by atoms with Crippen molar-refractivity contribution in [1.82, 2.24) is 4.90 Å². The van der Waals surface area contributed by atoms with Gasteiger partial charge >= 0.3 is 12.1 Å². The highest BCUT2D eigenvalue weighted by Crippen LogP contribution is 2.45. The van der Waals surface area contributed by atoms with Crippen molar-refractivity contribution in [2.45, 2.75) is 39.2 Å². The minimum absolute atomic E-state index is 0.000137. The van der Waals surface area contributed by atoms with Gasteiger partial charge in [-0.15, -0.1) is 0 Å². The highest BCUT2D eigenvalue weighted by Gasteiger charge is 2.51. The van der Waals surface area contributed by atoms with Crippen LogP contribution in [0.2, 0.25) is 0 Å². The highest BCUT2D eigenvalue weighted by molar-refractivity contribution is 6.07. The first-order chi connectivity index (χ1) is 11.1. The molecular formula is C17H23NO6. The van der Waals surface area contributed by atoms with E-state index < -0.39 is 23.1 Å². The van der Waals surface area contributed by atoms with E-state index in [1.165, 1.54) is 18.1 Å². The first-order valence-electron chi connectivity index (χ1n) is 7.78. The quantitative estimate of drug-likeness (QED) is 0.447. The molecule has 1 unspecified atom stereocenters. The van der Waals surface area contributed by atoms with Gasteiger partial charge in [0.1, 0.15) is 11.0 Å². The predicted octanol–water partition coefficient (Wildman–Crippen LogP) is 2.13. The number of esters is 1. The Morgan fingerprint density at radius 3 is 2.58 bits per heavy atom. The molecule has 24 heavy (non-hydrogen) atoms. The number of ketones is 1. The van der Waals surface area contributed by atoms with Crippen LogP contribution in [-0.2, 0) is 19.1 Å². The van der Waals surface area contributed by atoms with Gasteiger partial charge in [-0.2, -0.15) is 0 Å². The molecule has 1 saturated heterocycles. The molecule has 1 heterocycles. The number of methoxy groups -OCH3 is 1. The zero-order valence-electron chi connectivity index (χ0n) is 14.4. The molecule has 0 aromatic rings. The third kappa shape index (κ3) is 3.29. The summed E-state index contributed by atoms with van der Waals surface area (Å²) in [6, 6.07) is 0. The lowest BCUT2D eigenvalue weighted by molar-refractivity contribution is -0.152. The molecule has 1 amide bonds. The van der Waals surface area contributed by atoms with Crippen molar-refractivity contribution in [3.63, 3.8) is 0 Å². The van der Waals surface area contributed by atoms with E-state index in [2.05, 4.69) is 0 Å². The Bertz CT molecular complexity index is 627. The topological polar surface area (TPSA) is 93.1 Å². The molecule has 1 N–H and O–H groups in total. The van der Waals surface area contributed by atoms with Crippen molar-refractivity contribution in [2.75, 3.05) is 20.2 Å². The summed E-state index contributed by atoms with van der Waals surface area (Å²) in [5.41, 5.74) is -1.06. The van der Waals surface area contributed by atoms with Crippen LogP contribution in [0.1, 0.15) is 33.6 Å². The number of ether oxygens (including phenoxy) is 2. The number of carbonyl (C=O) groups is 3. The zero-order valence-corrected chi connectivity index (χ0v) is 14.4. The fourth-order valence-electron chi connectivity index (χ4n) is 3.10. The number of aliphatic hydroxyl groups is 1.